The van der Waals surface area contributed by atoms with Gasteiger partial charge in [-0.05, 0) is 78.4 Å². The molecule has 1 aromatic heterocycles. The molecule has 5 heteroatoms. The van der Waals surface area contributed by atoms with E-state index in [2.05, 4.69) is 43.2 Å². The van der Waals surface area contributed by atoms with Crippen LogP contribution in [-0.4, -0.2) is 17.5 Å². The van der Waals surface area contributed by atoms with Crippen molar-refractivity contribution in [3.05, 3.63) is 77.9 Å². The molecule has 0 saturated carbocycles. The van der Waals surface area contributed by atoms with E-state index < -0.39 is 0 Å². The van der Waals surface area contributed by atoms with Gasteiger partial charge in [0.25, 0.3) is 5.91 Å². The maximum absolute atomic E-state index is 12.3. The van der Waals surface area contributed by atoms with E-state index in [0.717, 1.165) is 28.6 Å². The number of fused-ring (bicyclic) bond motifs is 1. The maximum atomic E-state index is 12.3. The smallest absolute Gasteiger partial charge is 0.262 e. The van der Waals surface area contributed by atoms with Crippen LogP contribution in [-0.2, 0) is 10.2 Å². The Morgan fingerprint density at radius 1 is 1.03 bits per heavy atom. The van der Waals surface area contributed by atoms with E-state index in [-0.39, 0.29) is 17.9 Å². The number of aryl methyl sites for hydroxylation is 1. The number of carbonyl (C=O) groups excluding carboxylic acids is 1. The van der Waals surface area contributed by atoms with Gasteiger partial charge in [0.1, 0.15) is 11.3 Å². The molecule has 0 aliphatic heterocycles. The molecule has 1 heterocycles. The highest BCUT2D eigenvalue weighted by Crippen LogP contribution is 2.28. The highest BCUT2D eigenvalue weighted by molar-refractivity contribution is 5.92. The van der Waals surface area contributed by atoms with Crippen molar-refractivity contribution in [3.8, 4) is 17.2 Å². The van der Waals surface area contributed by atoms with Crippen LogP contribution in [0.5, 0.6) is 5.75 Å². The van der Waals surface area contributed by atoms with E-state index in [1.165, 1.54) is 5.56 Å². The molecule has 164 valence electrons. The van der Waals surface area contributed by atoms with Gasteiger partial charge in [0.2, 0.25) is 5.89 Å². The van der Waals surface area contributed by atoms with Crippen LogP contribution in [0.2, 0.25) is 0 Å². The average Bonchev–Trinajstić information content (AvgIpc) is 3.21. The van der Waals surface area contributed by atoms with Crippen LogP contribution in [0.25, 0.3) is 22.6 Å². The first-order chi connectivity index (χ1) is 15.3. The van der Waals surface area contributed by atoms with E-state index in [1.807, 2.05) is 61.5 Å². The number of hydrogen-bond donors (Lipinski definition) is 1. The lowest BCUT2D eigenvalue weighted by Crippen LogP contribution is -2.20. The van der Waals surface area contributed by atoms with Gasteiger partial charge in [0.15, 0.2) is 12.2 Å². The zero-order valence-corrected chi connectivity index (χ0v) is 18.9. The van der Waals surface area contributed by atoms with Crippen LogP contribution < -0.4 is 10.1 Å². The highest BCUT2D eigenvalue weighted by Gasteiger charge is 2.17. The molecule has 0 fully saturated rings. The molecule has 0 aliphatic rings. The molecule has 3 aromatic carbocycles. The lowest BCUT2D eigenvalue weighted by molar-refractivity contribution is -0.118. The van der Waals surface area contributed by atoms with Crippen LogP contribution >= 0.6 is 0 Å². The number of carbonyl (C=O) groups is 1. The number of amides is 1. The molecule has 32 heavy (non-hydrogen) atoms. The first kappa shape index (κ1) is 21.6. The molecule has 0 saturated heterocycles. The third-order valence-corrected chi connectivity index (χ3v) is 5.85. The summed E-state index contributed by atoms with van der Waals surface area (Å²) in [6.07, 6.45) is 1.06. The minimum absolute atomic E-state index is 0.0528. The van der Waals surface area contributed by atoms with Gasteiger partial charge in [0.05, 0.1) is 0 Å². The van der Waals surface area contributed by atoms with Crippen molar-refractivity contribution in [1.82, 2.24) is 4.98 Å². The Balaban J connectivity index is 1.34. The van der Waals surface area contributed by atoms with Crippen molar-refractivity contribution in [2.75, 3.05) is 11.9 Å². The fourth-order valence-electron chi connectivity index (χ4n) is 3.41. The first-order valence-corrected chi connectivity index (χ1v) is 10.8. The van der Waals surface area contributed by atoms with E-state index in [4.69, 9.17) is 9.15 Å². The molecule has 0 spiro atoms. The Bertz CT molecular complexity index is 1220. The van der Waals surface area contributed by atoms with Crippen molar-refractivity contribution < 1.29 is 13.9 Å². The molecule has 0 radical (unpaired) electrons. The highest BCUT2D eigenvalue weighted by atomic mass is 16.5. The lowest BCUT2D eigenvalue weighted by Gasteiger charge is -2.23. The van der Waals surface area contributed by atoms with E-state index in [0.29, 0.717) is 17.3 Å². The maximum Gasteiger partial charge on any atom is 0.262 e. The third-order valence-electron chi connectivity index (χ3n) is 5.85. The molecule has 0 aliphatic carbocycles. The van der Waals surface area contributed by atoms with Crippen LogP contribution in [0.3, 0.4) is 0 Å². The minimum atomic E-state index is -0.215. The minimum Gasteiger partial charge on any atom is -0.484 e. The molecule has 0 bridgehead atoms. The average molecular weight is 429 g/mol. The van der Waals surface area contributed by atoms with Gasteiger partial charge in [-0.25, -0.2) is 4.98 Å². The van der Waals surface area contributed by atoms with Gasteiger partial charge < -0.3 is 14.5 Å². The van der Waals surface area contributed by atoms with Crippen LogP contribution in [0, 0.1) is 6.92 Å². The summed E-state index contributed by atoms with van der Waals surface area (Å²) in [4.78, 5) is 16.8. The zero-order valence-electron chi connectivity index (χ0n) is 18.9. The number of hydrogen-bond acceptors (Lipinski definition) is 4. The fraction of sp³-hybridized carbons (Fsp3) is 0.259. The topological polar surface area (TPSA) is 64.4 Å². The van der Waals surface area contributed by atoms with E-state index in [9.17, 15) is 4.79 Å². The summed E-state index contributed by atoms with van der Waals surface area (Å²) >= 11 is 0. The number of aromatic nitrogens is 1. The molecule has 1 N–H and O–H groups in total. The molecule has 0 atom stereocenters. The summed E-state index contributed by atoms with van der Waals surface area (Å²) in [6, 6.07) is 21.3. The summed E-state index contributed by atoms with van der Waals surface area (Å²) < 4.78 is 11.5. The zero-order chi connectivity index (χ0) is 22.7. The number of nitrogens with one attached hydrogen (secondary N) is 1. The second-order valence-electron chi connectivity index (χ2n) is 8.67. The molecule has 4 rings (SSSR count). The summed E-state index contributed by atoms with van der Waals surface area (Å²) in [6.45, 7) is 8.58. The van der Waals surface area contributed by atoms with E-state index >= 15 is 0 Å². The van der Waals surface area contributed by atoms with Crippen molar-refractivity contribution in [1.29, 1.82) is 0 Å². The van der Waals surface area contributed by atoms with Crippen molar-refractivity contribution in [2.24, 2.45) is 0 Å². The number of ether oxygens (including phenoxy) is 1. The van der Waals surface area contributed by atoms with Crippen LogP contribution in [0.15, 0.2) is 71.1 Å². The number of nitrogens with zero attached hydrogens (tertiary/aromatic N) is 1. The predicted molar refractivity (Wildman–Crippen MR) is 128 cm³/mol. The van der Waals surface area contributed by atoms with Crippen molar-refractivity contribution in [3.63, 3.8) is 0 Å². The SMILES string of the molecule is CCC(C)(C)c1ccc(OCC(=O)Nc2ccc(-c3nc4cc(C)ccc4o3)cc2)cc1. The van der Waals surface area contributed by atoms with Gasteiger partial charge in [-0.1, -0.05) is 39.0 Å². The summed E-state index contributed by atoms with van der Waals surface area (Å²) in [5.41, 5.74) is 5.65. The van der Waals surface area contributed by atoms with Gasteiger partial charge in [0, 0.05) is 11.3 Å². The number of anilines is 1. The second-order valence-corrected chi connectivity index (χ2v) is 8.67. The predicted octanol–water partition coefficient (Wildman–Crippen LogP) is 6.51. The molecule has 5 nitrogen and oxygen atoms in total. The second kappa shape index (κ2) is 8.87. The van der Waals surface area contributed by atoms with Crippen molar-refractivity contribution >= 4 is 22.7 Å². The Hall–Kier alpha value is -3.60. The Labute approximate surface area is 188 Å². The Kier molecular flexibility index (Phi) is 5.99. The first-order valence-electron chi connectivity index (χ1n) is 10.8. The summed E-state index contributed by atoms with van der Waals surface area (Å²) in [5.74, 6) is 1.02. The third kappa shape index (κ3) is 4.83. The monoisotopic (exact) mass is 428 g/mol. The Morgan fingerprint density at radius 3 is 2.44 bits per heavy atom. The molecule has 1 amide bonds. The molecular weight excluding hydrogens is 400 g/mol. The summed E-state index contributed by atoms with van der Waals surface area (Å²) in [7, 11) is 0. The number of oxazole rings is 1. The van der Waals surface area contributed by atoms with Gasteiger partial charge in [-0.2, -0.15) is 0 Å². The largest absolute Gasteiger partial charge is 0.484 e. The van der Waals surface area contributed by atoms with Gasteiger partial charge in [-0.3, -0.25) is 4.79 Å². The molecule has 4 aromatic rings. The number of benzene rings is 3. The molecular formula is C27H28N2O3. The van der Waals surface area contributed by atoms with Crippen LogP contribution in [0.4, 0.5) is 5.69 Å². The van der Waals surface area contributed by atoms with E-state index in [1.54, 1.807) is 0 Å². The summed E-state index contributed by atoms with van der Waals surface area (Å²) in [5, 5.41) is 2.85. The number of rotatable bonds is 7. The lowest BCUT2D eigenvalue weighted by atomic mass is 9.82. The normalized spacial score (nSPS) is 11.5. The fourth-order valence-corrected chi connectivity index (χ4v) is 3.41. The quantitative estimate of drug-likeness (QED) is 0.364. The Morgan fingerprint density at radius 2 is 1.75 bits per heavy atom. The van der Waals surface area contributed by atoms with Gasteiger partial charge >= 0.3 is 0 Å². The molecule has 0 unspecified atom stereocenters. The standard InChI is InChI=1S/C27H28N2O3/c1-5-27(3,4)20-9-13-22(14-10-20)31-17-25(30)28-21-11-7-19(8-12-21)26-29-23-16-18(2)6-15-24(23)32-26/h6-16H,5,17H2,1-4H3,(H,28,30). The van der Waals surface area contributed by atoms with Crippen molar-refractivity contribution in [2.45, 2.75) is 39.5 Å². The van der Waals surface area contributed by atoms with Crippen LogP contribution in [0.1, 0.15) is 38.3 Å². The van der Waals surface area contributed by atoms with Gasteiger partial charge in [-0.15, -0.1) is 0 Å².